The lowest BCUT2D eigenvalue weighted by Gasteiger charge is -2.27. The van der Waals surface area contributed by atoms with Gasteiger partial charge in [0.25, 0.3) is 5.91 Å². The van der Waals surface area contributed by atoms with E-state index >= 15 is 0 Å². The molecule has 1 aromatic carbocycles. The van der Waals surface area contributed by atoms with E-state index in [-0.39, 0.29) is 5.91 Å². The SMILES string of the molecule is O=C(c1ccc(-c2cn[nH]c2)cc1)N1CCNCC1. The van der Waals surface area contributed by atoms with E-state index in [4.69, 9.17) is 0 Å². The first kappa shape index (κ1) is 11.9. The van der Waals surface area contributed by atoms with E-state index in [0.717, 1.165) is 42.9 Å². The molecular weight excluding hydrogens is 240 g/mol. The molecule has 5 nitrogen and oxygen atoms in total. The summed E-state index contributed by atoms with van der Waals surface area (Å²) in [6.45, 7) is 3.31. The van der Waals surface area contributed by atoms with Gasteiger partial charge in [0.1, 0.15) is 0 Å². The Balaban J connectivity index is 1.76. The second kappa shape index (κ2) is 5.24. The van der Waals surface area contributed by atoms with Crippen LogP contribution in [0.3, 0.4) is 0 Å². The quantitative estimate of drug-likeness (QED) is 0.846. The summed E-state index contributed by atoms with van der Waals surface area (Å²) in [6, 6.07) is 7.68. The summed E-state index contributed by atoms with van der Waals surface area (Å²) >= 11 is 0. The fraction of sp³-hybridized carbons (Fsp3) is 0.286. The lowest BCUT2D eigenvalue weighted by Crippen LogP contribution is -2.46. The van der Waals surface area contributed by atoms with Crippen LogP contribution in [0.15, 0.2) is 36.7 Å². The number of nitrogens with zero attached hydrogens (tertiary/aromatic N) is 2. The van der Waals surface area contributed by atoms with Crippen LogP contribution in [0.5, 0.6) is 0 Å². The predicted molar refractivity (Wildman–Crippen MR) is 72.8 cm³/mol. The maximum Gasteiger partial charge on any atom is 0.253 e. The zero-order valence-electron chi connectivity index (χ0n) is 10.6. The highest BCUT2D eigenvalue weighted by atomic mass is 16.2. The van der Waals surface area contributed by atoms with Gasteiger partial charge in [-0.05, 0) is 17.7 Å². The van der Waals surface area contributed by atoms with Gasteiger partial charge in [-0.25, -0.2) is 0 Å². The Bertz CT molecular complexity index is 541. The topological polar surface area (TPSA) is 61.0 Å². The van der Waals surface area contributed by atoms with Gasteiger partial charge in [-0.3, -0.25) is 9.89 Å². The third-order valence-electron chi connectivity index (χ3n) is 3.37. The molecule has 1 fully saturated rings. The number of aromatic amines is 1. The Hall–Kier alpha value is -2.14. The summed E-state index contributed by atoms with van der Waals surface area (Å²) in [7, 11) is 0. The number of rotatable bonds is 2. The smallest absolute Gasteiger partial charge is 0.253 e. The van der Waals surface area contributed by atoms with Crippen LogP contribution in [-0.4, -0.2) is 47.2 Å². The fourth-order valence-electron chi connectivity index (χ4n) is 2.26. The molecule has 5 heteroatoms. The largest absolute Gasteiger partial charge is 0.336 e. The van der Waals surface area contributed by atoms with E-state index < -0.39 is 0 Å². The number of aromatic nitrogens is 2. The zero-order chi connectivity index (χ0) is 13.1. The minimum atomic E-state index is 0.111. The standard InChI is InChI=1S/C14H16N4O/c19-14(18-7-5-15-6-8-18)12-3-1-11(2-4-12)13-9-16-17-10-13/h1-4,9-10,15H,5-8H2,(H,16,17). The summed E-state index contributed by atoms with van der Waals surface area (Å²) in [5.74, 6) is 0.111. The lowest BCUT2D eigenvalue weighted by atomic mass is 10.1. The van der Waals surface area contributed by atoms with E-state index in [1.165, 1.54) is 0 Å². The summed E-state index contributed by atoms with van der Waals surface area (Å²) in [5.41, 5.74) is 2.83. The minimum Gasteiger partial charge on any atom is -0.336 e. The van der Waals surface area contributed by atoms with Crippen LogP contribution in [-0.2, 0) is 0 Å². The molecule has 3 rings (SSSR count). The highest BCUT2D eigenvalue weighted by Gasteiger charge is 2.17. The molecule has 1 amide bonds. The number of amides is 1. The highest BCUT2D eigenvalue weighted by Crippen LogP contribution is 2.18. The van der Waals surface area contributed by atoms with Crippen molar-refractivity contribution in [3.63, 3.8) is 0 Å². The van der Waals surface area contributed by atoms with Crippen LogP contribution >= 0.6 is 0 Å². The highest BCUT2D eigenvalue weighted by molar-refractivity contribution is 5.94. The van der Waals surface area contributed by atoms with Crippen LogP contribution in [0, 0.1) is 0 Å². The van der Waals surface area contributed by atoms with Gasteiger partial charge in [0.15, 0.2) is 0 Å². The summed E-state index contributed by atoms with van der Waals surface area (Å²) in [4.78, 5) is 14.2. The maximum absolute atomic E-state index is 12.3. The van der Waals surface area contributed by atoms with Crippen molar-refractivity contribution in [3.8, 4) is 11.1 Å². The van der Waals surface area contributed by atoms with Gasteiger partial charge in [-0.1, -0.05) is 12.1 Å². The lowest BCUT2D eigenvalue weighted by molar-refractivity contribution is 0.0736. The number of carbonyl (C=O) groups excluding carboxylic acids is 1. The Morgan fingerprint density at radius 3 is 2.47 bits per heavy atom. The molecule has 1 aliphatic rings. The summed E-state index contributed by atoms with van der Waals surface area (Å²) in [5, 5.41) is 9.95. The molecule has 1 saturated heterocycles. The van der Waals surface area contributed by atoms with Crippen LogP contribution < -0.4 is 5.32 Å². The molecular formula is C14H16N4O. The van der Waals surface area contributed by atoms with Crippen molar-refractivity contribution >= 4 is 5.91 Å². The van der Waals surface area contributed by atoms with Crippen LogP contribution in [0.4, 0.5) is 0 Å². The maximum atomic E-state index is 12.3. The Kier molecular flexibility index (Phi) is 3.29. The number of piperazine rings is 1. The van der Waals surface area contributed by atoms with Crippen molar-refractivity contribution in [2.24, 2.45) is 0 Å². The first-order chi connectivity index (χ1) is 9.34. The van der Waals surface area contributed by atoms with Gasteiger partial charge in [0.05, 0.1) is 6.20 Å². The fourth-order valence-corrected chi connectivity index (χ4v) is 2.26. The molecule has 1 aromatic heterocycles. The molecule has 0 atom stereocenters. The number of carbonyl (C=O) groups is 1. The van der Waals surface area contributed by atoms with E-state index in [9.17, 15) is 4.79 Å². The van der Waals surface area contributed by atoms with Crippen LogP contribution in [0.2, 0.25) is 0 Å². The van der Waals surface area contributed by atoms with Crippen molar-refractivity contribution in [1.29, 1.82) is 0 Å². The third kappa shape index (κ3) is 2.51. The summed E-state index contributed by atoms with van der Waals surface area (Å²) in [6.07, 6.45) is 3.61. The van der Waals surface area contributed by atoms with E-state index in [2.05, 4.69) is 15.5 Å². The average molecular weight is 256 g/mol. The van der Waals surface area contributed by atoms with Crippen LogP contribution in [0.25, 0.3) is 11.1 Å². The monoisotopic (exact) mass is 256 g/mol. The van der Waals surface area contributed by atoms with E-state index in [0.29, 0.717) is 0 Å². The van der Waals surface area contributed by atoms with Crippen molar-refractivity contribution in [3.05, 3.63) is 42.2 Å². The molecule has 0 saturated carbocycles. The summed E-state index contributed by atoms with van der Waals surface area (Å²) < 4.78 is 0. The molecule has 2 heterocycles. The third-order valence-corrected chi connectivity index (χ3v) is 3.37. The number of nitrogens with one attached hydrogen (secondary N) is 2. The second-order valence-corrected chi connectivity index (χ2v) is 4.61. The van der Waals surface area contributed by atoms with Gasteiger partial charge >= 0.3 is 0 Å². The normalized spacial score (nSPS) is 15.5. The Labute approximate surface area is 111 Å². The van der Waals surface area contributed by atoms with Crippen molar-refractivity contribution in [2.45, 2.75) is 0 Å². The van der Waals surface area contributed by atoms with Gasteiger partial charge in [-0.15, -0.1) is 0 Å². The second-order valence-electron chi connectivity index (χ2n) is 4.61. The molecule has 19 heavy (non-hydrogen) atoms. The zero-order valence-corrected chi connectivity index (χ0v) is 10.6. The van der Waals surface area contributed by atoms with Gasteiger partial charge in [0.2, 0.25) is 0 Å². The first-order valence-corrected chi connectivity index (χ1v) is 6.44. The molecule has 1 aliphatic heterocycles. The van der Waals surface area contributed by atoms with Gasteiger partial charge in [-0.2, -0.15) is 5.10 Å². The Morgan fingerprint density at radius 1 is 1.11 bits per heavy atom. The van der Waals surface area contributed by atoms with E-state index in [1.54, 1.807) is 6.20 Å². The van der Waals surface area contributed by atoms with E-state index in [1.807, 2.05) is 35.4 Å². The number of hydrogen-bond acceptors (Lipinski definition) is 3. The number of benzene rings is 1. The van der Waals surface area contributed by atoms with Crippen molar-refractivity contribution < 1.29 is 4.79 Å². The molecule has 2 aromatic rings. The molecule has 2 N–H and O–H groups in total. The number of hydrogen-bond donors (Lipinski definition) is 2. The molecule has 0 unspecified atom stereocenters. The Morgan fingerprint density at radius 2 is 1.84 bits per heavy atom. The molecule has 0 radical (unpaired) electrons. The minimum absolute atomic E-state index is 0.111. The van der Waals surface area contributed by atoms with Crippen LogP contribution in [0.1, 0.15) is 10.4 Å². The van der Waals surface area contributed by atoms with Gasteiger partial charge < -0.3 is 10.2 Å². The first-order valence-electron chi connectivity index (χ1n) is 6.44. The molecule has 98 valence electrons. The molecule has 0 spiro atoms. The average Bonchev–Trinajstić information content (AvgIpc) is 3.02. The van der Waals surface area contributed by atoms with Crippen molar-refractivity contribution in [1.82, 2.24) is 20.4 Å². The molecule has 0 bridgehead atoms. The molecule has 0 aliphatic carbocycles. The van der Waals surface area contributed by atoms with Gasteiger partial charge in [0, 0.05) is 43.5 Å². The van der Waals surface area contributed by atoms with Crippen molar-refractivity contribution in [2.75, 3.05) is 26.2 Å². The predicted octanol–water partition coefficient (Wildman–Crippen LogP) is 1.12. The number of H-pyrrole nitrogens is 1.